The minimum Gasteiger partial charge on any atom is -0.396 e. The van der Waals surface area contributed by atoms with Crippen LogP contribution in [0.2, 0.25) is 0 Å². The summed E-state index contributed by atoms with van der Waals surface area (Å²) in [6, 6.07) is 7.65. The summed E-state index contributed by atoms with van der Waals surface area (Å²) in [5, 5.41) is 13.1. The zero-order valence-corrected chi connectivity index (χ0v) is 12.0. The molecule has 1 aliphatic rings. The molecule has 0 bridgehead atoms. The lowest BCUT2D eigenvalue weighted by molar-refractivity contribution is 0.0931. The Morgan fingerprint density at radius 2 is 2.26 bits per heavy atom. The number of benzene rings is 1. The highest BCUT2D eigenvalue weighted by Gasteiger charge is 2.42. The van der Waals surface area contributed by atoms with Gasteiger partial charge in [-0.2, -0.15) is 0 Å². The van der Waals surface area contributed by atoms with E-state index in [1.165, 1.54) is 0 Å². The van der Waals surface area contributed by atoms with Crippen molar-refractivity contribution in [2.24, 2.45) is 5.41 Å². The van der Waals surface area contributed by atoms with Crippen LogP contribution < -0.4 is 5.32 Å². The number of H-pyrrole nitrogens is 1. The molecule has 1 aromatic carbocycles. The summed E-state index contributed by atoms with van der Waals surface area (Å²) in [6.45, 7) is 0.685. The first-order valence-corrected chi connectivity index (χ1v) is 7.09. The molecule has 4 nitrogen and oxygen atoms in total. The first kappa shape index (κ1) is 12.7. The van der Waals surface area contributed by atoms with Crippen molar-refractivity contribution in [2.45, 2.75) is 12.8 Å². The second-order valence-electron chi connectivity index (χ2n) is 5.22. The molecule has 0 unspecified atom stereocenters. The van der Waals surface area contributed by atoms with Crippen molar-refractivity contribution in [1.82, 2.24) is 10.3 Å². The van der Waals surface area contributed by atoms with Gasteiger partial charge in [0.15, 0.2) is 0 Å². The van der Waals surface area contributed by atoms with E-state index >= 15 is 0 Å². The molecule has 1 fully saturated rings. The standard InChI is InChI=1S/C14H15BrN2O2/c15-10-2-1-3-11-9(10)6-12(17-11)13(19)16-7-14(8-18)4-5-14/h1-3,6,17-18H,4-5,7-8H2,(H,16,19). The Morgan fingerprint density at radius 3 is 2.89 bits per heavy atom. The lowest BCUT2D eigenvalue weighted by Crippen LogP contribution is -2.32. The molecular weight excluding hydrogens is 308 g/mol. The number of halogens is 1. The maximum absolute atomic E-state index is 12.1. The fourth-order valence-electron chi connectivity index (χ4n) is 2.17. The molecule has 19 heavy (non-hydrogen) atoms. The third kappa shape index (κ3) is 2.40. The number of hydrogen-bond donors (Lipinski definition) is 3. The Balaban J connectivity index is 1.76. The minimum absolute atomic E-state index is 0.0672. The molecule has 0 saturated heterocycles. The molecule has 5 heteroatoms. The van der Waals surface area contributed by atoms with Crippen molar-refractivity contribution < 1.29 is 9.90 Å². The SMILES string of the molecule is O=C(NCC1(CO)CC1)c1cc2c(Br)cccc2[nH]1. The fraction of sp³-hybridized carbons (Fsp3) is 0.357. The number of aromatic amines is 1. The molecular formula is C14H15BrN2O2. The van der Waals surface area contributed by atoms with Gasteiger partial charge in [-0.1, -0.05) is 22.0 Å². The van der Waals surface area contributed by atoms with Crippen molar-refractivity contribution in [1.29, 1.82) is 0 Å². The molecule has 0 atom stereocenters. The van der Waals surface area contributed by atoms with Gasteiger partial charge in [0.05, 0.1) is 6.61 Å². The second-order valence-corrected chi connectivity index (χ2v) is 6.08. The van der Waals surface area contributed by atoms with E-state index in [1.807, 2.05) is 24.3 Å². The van der Waals surface area contributed by atoms with E-state index in [-0.39, 0.29) is 17.9 Å². The zero-order chi connectivity index (χ0) is 13.5. The van der Waals surface area contributed by atoms with E-state index in [0.717, 1.165) is 28.2 Å². The van der Waals surface area contributed by atoms with E-state index in [0.29, 0.717) is 12.2 Å². The minimum atomic E-state index is -0.122. The molecule has 2 aromatic rings. The van der Waals surface area contributed by atoms with Crippen molar-refractivity contribution >= 4 is 32.7 Å². The number of carbonyl (C=O) groups is 1. The van der Waals surface area contributed by atoms with Crippen LogP contribution in [0.4, 0.5) is 0 Å². The molecule has 100 valence electrons. The van der Waals surface area contributed by atoms with Gasteiger partial charge in [-0.05, 0) is 31.0 Å². The Labute approximate surface area is 119 Å². The third-order valence-corrected chi connectivity index (χ3v) is 4.46. The van der Waals surface area contributed by atoms with Crippen molar-refractivity contribution in [2.75, 3.05) is 13.2 Å². The molecule has 3 N–H and O–H groups in total. The average Bonchev–Trinajstić information content (AvgIpc) is 3.06. The van der Waals surface area contributed by atoms with Gasteiger partial charge in [-0.3, -0.25) is 4.79 Å². The van der Waals surface area contributed by atoms with Crippen LogP contribution in [0.25, 0.3) is 10.9 Å². The number of hydrogen-bond acceptors (Lipinski definition) is 2. The highest BCUT2D eigenvalue weighted by molar-refractivity contribution is 9.10. The molecule has 1 aliphatic carbocycles. The molecule has 1 saturated carbocycles. The average molecular weight is 323 g/mol. The number of aromatic nitrogens is 1. The molecule has 0 radical (unpaired) electrons. The van der Waals surface area contributed by atoms with E-state index in [9.17, 15) is 9.90 Å². The molecule has 1 amide bonds. The smallest absolute Gasteiger partial charge is 0.267 e. The highest BCUT2D eigenvalue weighted by Crippen LogP contribution is 2.44. The Bertz CT molecular complexity index is 631. The van der Waals surface area contributed by atoms with Crippen LogP contribution >= 0.6 is 15.9 Å². The molecule has 3 rings (SSSR count). The number of rotatable bonds is 4. The van der Waals surface area contributed by atoms with Crippen LogP contribution in [0, 0.1) is 5.41 Å². The first-order valence-electron chi connectivity index (χ1n) is 6.30. The summed E-state index contributed by atoms with van der Waals surface area (Å²) >= 11 is 3.47. The number of fused-ring (bicyclic) bond motifs is 1. The van der Waals surface area contributed by atoms with Gasteiger partial charge >= 0.3 is 0 Å². The predicted octanol–water partition coefficient (Wildman–Crippen LogP) is 2.43. The van der Waals surface area contributed by atoms with E-state index < -0.39 is 0 Å². The van der Waals surface area contributed by atoms with Gasteiger partial charge in [0.25, 0.3) is 5.91 Å². The quantitative estimate of drug-likeness (QED) is 0.809. The summed E-state index contributed by atoms with van der Waals surface area (Å²) < 4.78 is 0.967. The number of amides is 1. The molecule has 1 heterocycles. The van der Waals surface area contributed by atoms with Gasteiger partial charge < -0.3 is 15.4 Å². The van der Waals surface area contributed by atoms with Crippen molar-refractivity contribution in [3.63, 3.8) is 0 Å². The first-order chi connectivity index (χ1) is 9.13. The van der Waals surface area contributed by atoms with Crippen LogP contribution in [-0.2, 0) is 0 Å². The monoisotopic (exact) mass is 322 g/mol. The van der Waals surface area contributed by atoms with Gasteiger partial charge in [0, 0.05) is 27.3 Å². The lowest BCUT2D eigenvalue weighted by Gasteiger charge is -2.11. The molecule has 0 aliphatic heterocycles. The number of carbonyl (C=O) groups excluding carboxylic acids is 1. The van der Waals surface area contributed by atoms with Crippen molar-refractivity contribution in [3.05, 3.63) is 34.4 Å². The van der Waals surface area contributed by atoms with Crippen molar-refractivity contribution in [3.8, 4) is 0 Å². The van der Waals surface area contributed by atoms with E-state index in [1.54, 1.807) is 0 Å². The van der Waals surface area contributed by atoms with Crippen LogP contribution in [-0.4, -0.2) is 29.1 Å². The fourth-order valence-corrected chi connectivity index (χ4v) is 2.65. The predicted molar refractivity (Wildman–Crippen MR) is 77.1 cm³/mol. The maximum Gasteiger partial charge on any atom is 0.267 e. The van der Waals surface area contributed by atoms with Crippen LogP contribution in [0.15, 0.2) is 28.7 Å². The molecule has 1 aromatic heterocycles. The summed E-state index contributed by atoms with van der Waals surface area (Å²) in [6.07, 6.45) is 1.98. The van der Waals surface area contributed by atoms with Gasteiger partial charge in [0.2, 0.25) is 0 Å². The van der Waals surface area contributed by atoms with Gasteiger partial charge in [-0.25, -0.2) is 0 Å². The Hall–Kier alpha value is -1.33. The van der Waals surface area contributed by atoms with Crippen LogP contribution in [0.3, 0.4) is 0 Å². The molecule has 0 spiro atoms. The van der Waals surface area contributed by atoms with Crippen LogP contribution in [0.5, 0.6) is 0 Å². The third-order valence-electron chi connectivity index (χ3n) is 3.77. The van der Waals surface area contributed by atoms with Gasteiger partial charge in [0.1, 0.15) is 5.69 Å². The van der Waals surface area contributed by atoms with E-state index in [4.69, 9.17) is 0 Å². The zero-order valence-electron chi connectivity index (χ0n) is 10.4. The Morgan fingerprint density at radius 1 is 1.47 bits per heavy atom. The number of aliphatic hydroxyl groups is 1. The number of aliphatic hydroxyl groups excluding tert-OH is 1. The van der Waals surface area contributed by atoms with Gasteiger partial charge in [-0.15, -0.1) is 0 Å². The Kier molecular flexibility index (Phi) is 3.11. The van der Waals surface area contributed by atoms with E-state index in [2.05, 4.69) is 26.2 Å². The summed E-state index contributed by atoms with van der Waals surface area (Å²) in [5.74, 6) is -0.122. The van der Waals surface area contributed by atoms with Crippen LogP contribution in [0.1, 0.15) is 23.3 Å². The maximum atomic E-state index is 12.1. The largest absolute Gasteiger partial charge is 0.396 e. The summed E-state index contributed by atoms with van der Waals surface area (Å²) in [5.41, 5.74) is 1.42. The lowest BCUT2D eigenvalue weighted by atomic mass is 10.1. The topological polar surface area (TPSA) is 65.1 Å². The normalized spacial score (nSPS) is 16.5. The number of nitrogens with one attached hydrogen (secondary N) is 2. The summed E-state index contributed by atoms with van der Waals surface area (Å²) in [4.78, 5) is 15.2. The highest BCUT2D eigenvalue weighted by atomic mass is 79.9. The summed E-state index contributed by atoms with van der Waals surface area (Å²) in [7, 11) is 0. The second kappa shape index (κ2) is 4.65.